The molecular formula is C16H20N4O2. The lowest BCUT2D eigenvalue weighted by molar-refractivity contribution is -0.122. The Kier molecular flexibility index (Phi) is 3.75. The van der Waals surface area contributed by atoms with Crippen LogP contribution in [0.15, 0.2) is 30.5 Å². The lowest BCUT2D eigenvalue weighted by atomic mass is 9.96. The second-order valence-corrected chi connectivity index (χ2v) is 5.76. The summed E-state index contributed by atoms with van der Waals surface area (Å²) >= 11 is 0. The monoisotopic (exact) mass is 300 g/mol. The smallest absolute Gasteiger partial charge is 0.321 e. The molecule has 22 heavy (non-hydrogen) atoms. The van der Waals surface area contributed by atoms with E-state index in [0.29, 0.717) is 25.9 Å². The molecule has 1 saturated heterocycles. The number of nitrogens with zero attached hydrogens (tertiary/aromatic N) is 2. The molecule has 1 aromatic carbocycles. The maximum Gasteiger partial charge on any atom is 0.321 e. The molecule has 3 rings (SSSR count). The van der Waals surface area contributed by atoms with Gasteiger partial charge in [-0.25, -0.2) is 4.79 Å². The molecule has 3 N–H and O–H groups in total. The Morgan fingerprint density at radius 1 is 1.23 bits per heavy atom. The Hall–Kier alpha value is -2.50. The van der Waals surface area contributed by atoms with Gasteiger partial charge in [-0.3, -0.25) is 4.79 Å². The Morgan fingerprint density at radius 3 is 2.59 bits per heavy atom. The Balaban J connectivity index is 1.70. The summed E-state index contributed by atoms with van der Waals surface area (Å²) in [4.78, 5) is 25.3. The predicted molar refractivity (Wildman–Crippen MR) is 85.4 cm³/mol. The van der Waals surface area contributed by atoms with Gasteiger partial charge in [-0.1, -0.05) is 18.2 Å². The number of carbonyl (C=O) groups excluding carboxylic acids is 2. The van der Waals surface area contributed by atoms with E-state index in [2.05, 4.69) is 5.32 Å². The minimum atomic E-state index is -0.269. The second-order valence-electron chi connectivity index (χ2n) is 5.76. The van der Waals surface area contributed by atoms with Gasteiger partial charge in [0.2, 0.25) is 5.91 Å². The number of hydrogen-bond acceptors (Lipinski definition) is 2. The van der Waals surface area contributed by atoms with Crippen molar-refractivity contribution < 1.29 is 9.59 Å². The van der Waals surface area contributed by atoms with Gasteiger partial charge in [0.25, 0.3) is 0 Å². The number of nitrogens with one attached hydrogen (secondary N) is 1. The largest absolute Gasteiger partial charge is 0.369 e. The molecule has 0 unspecified atom stereocenters. The summed E-state index contributed by atoms with van der Waals surface area (Å²) < 4.78 is 1.99. The molecule has 2 heterocycles. The molecule has 0 radical (unpaired) electrons. The average Bonchev–Trinajstić information content (AvgIpc) is 2.84. The molecule has 0 atom stereocenters. The third-order valence-corrected chi connectivity index (χ3v) is 4.32. The normalized spacial score (nSPS) is 16.0. The number of primary amides is 1. The van der Waals surface area contributed by atoms with Crippen LogP contribution in [0.3, 0.4) is 0 Å². The third-order valence-electron chi connectivity index (χ3n) is 4.32. The first-order chi connectivity index (χ1) is 10.6. The standard InChI is InChI=1S/C16H20N4O2/c1-19-10-13(12-4-2-3-5-14(12)19)18-16(22)20-8-6-11(7-9-20)15(17)21/h2-5,10-11H,6-9H2,1H3,(H2,17,21)(H,18,22). The topological polar surface area (TPSA) is 80.4 Å². The van der Waals surface area contributed by atoms with Gasteiger partial charge >= 0.3 is 6.03 Å². The SMILES string of the molecule is Cn1cc(NC(=O)N2CCC(C(N)=O)CC2)c2ccccc21. The highest BCUT2D eigenvalue weighted by Crippen LogP contribution is 2.25. The molecule has 3 amide bonds. The van der Waals surface area contributed by atoms with Gasteiger partial charge in [-0.15, -0.1) is 0 Å². The first-order valence-electron chi connectivity index (χ1n) is 7.45. The molecule has 6 nitrogen and oxygen atoms in total. The van der Waals surface area contributed by atoms with Crippen LogP contribution in [0, 0.1) is 5.92 Å². The number of piperidine rings is 1. The minimum Gasteiger partial charge on any atom is -0.369 e. The number of nitrogens with two attached hydrogens (primary N) is 1. The third kappa shape index (κ3) is 2.64. The van der Waals surface area contributed by atoms with Crippen LogP contribution >= 0.6 is 0 Å². The summed E-state index contributed by atoms with van der Waals surface area (Å²) in [7, 11) is 1.95. The summed E-state index contributed by atoms with van der Waals surface area (Å²) in [5.74, 6) is -0.379. The van der Waals surface area contributed by atoms with Crippen LogP contribution in [0.5, 0.6) is 0 Å². The van der Waals surface area contributed by atoms with Gasteiger partial charge < -0.3 is 20.5 Å². The number of para-hydroxylation sites is 1. The fourth-order valence-electron chi connectivity index (χ4n) is 3.00. The lowest BCUT2D eigenvalue weighted by Gasteiger charge is -2.30. The van der Waals surface area contributed by atoms with E-state index in [1.54, 1.807) is 4.90 Å². The Labute approximate surface area is 128 Å². The summed E-state index contributed by atoms with van der Waals surface area (Å²) in [5.41, 5.74) is 7.20. The van der Waals surface area contributed by atoms with Crippen LogP contribution < -0.4 is 11.1 Å². The zero-order valence-corrected chi connectivity index (χ0v) is 12.6. The number of aromatic nitrogens is 1. The van der Waals surface area contributed by atoms with Crippen molar-refractivity contribution in [2.45, 2.75) is 12.8 Å². The Bertz CT molecular complexity index is 714. The molecule has 1 fully saturated rings. The van der Waals surface area contributed by atoms with Crippen LogP contribution in [0.4, 0.5) is 10.5 Å². The van der Waals surface area contributed by atoms with Crippen LogP contribution in [0.1, 0.15) is 12.8 Å². The van der Waals surface area contributed by atoms with Gasteiger partial charge in [0.1, 0.15) is 0 Å². The molecule has 0 bridgehead atoms. The van der Waals surface area contributed by atoms with Crippen molar-refractivity contribution in [1.29, 1.82) is 0 Å². The van der Waals surface area contributed by atoms with Crippen LogP contribution in [-0.4, -0.2) is 34.5 Å². The second kappa shape index (κ2) is 5.71. The van der Waals surface area contributed by atoms with E-state index >= 15 is 0 Å². The van der Waals surface area contributed by atoms with Crippen LogP contribution in [-0.2, 0) is 11.8 Å². The summed E-state index contributed by atoms with van der Waals surface area (Å²) in [5, 5.41) is 3.99. The maximum atomic E-state index is 12.4. The molecule has 1 aliphatic heterocycles. The van der Waals surface area contributed by atoms with Crippen LogP contribution in [0.25, 0.3) is 10.9 Å². The zero-order chi connectivity index (χ0) is 15.7. The van der Waals surface area contributed by atoms with Gasteiger partial charge in [0.15, 0.2) is 0 Å². The number of likely N-dealkylation sites (tertiary alicyclic amines) is 1. The van der Waals surface area contributed by atoms with Crippen molar-refractivity contribution in [3.8, 4) is 0 Å². The molecule has 1 aromatic heterocycles. The van der Waals surface area contributed by atoms with Gasteiger partial charge in [0.05, 0.1) is 5.69 Å². The summed E-state index contributed by atoms with van der Waals surface area (Å²) in [6.45, 7) is 1.12. The van der Waals surface area contributed by atoms with Gasteiger partial charge in [-0.05, 0) is 18.9 Å². The van der Waals surface area contributed by atoms with Gasteiger partial charge in [0, 0.05) is 43.2 Å². The van der Waals surface area contributed by atoms with Crippen molar-refractivity contribution in [1.82, 2.24) is 9.47 Å². The van der Waals surface area contributed by atoms with E-state index in [-0.39, 0.29) is 17.9 Å². The number of urea groups is 1. The number of amides is 3. The number of anilines is 1. The van der Waals surface area contributed by atoms with E-state index in [9.17, 15) is 9.59 Å². The molecule has 0 saturated carbocycles. The number of rotatable bonds is 2. The fraction of sp³-hybridized carbons (Fsp3) is 0.375. The molecule has 6 heteroatoms. The lowest BCUT2D eigenvalue weighted by Crippen LogP contribution is -2.43. The molecule has 0 spiro atoms. The van der Waals surface area contributed by atoms with Gasteiger partial charge in [-0.2, -0.15) is 0 Å². The number of carbonyl (C=O) groups is 2. The average molecular weight is 300 g/mol. The van der Waals surface area contributed by atoms with Crippen molar-refractivity contribution in [2.24, 2.45) is 18.7 Å². The molecule has 1 aliphatic rings. The van der Waals surface area contributed by atoms with E-state index in [4.69, 9.17) is 5.73 Å². The molecule has 2 aromatic rings. The Morgan fingerprint density at radius 2 is 1.91 bits per heavy atom. The summed E-state index contributed by atoms with van der Waals surface area (Å²) in [6, 6.07) is 7.81. The maximum absolute atomic E-state index is 12.4. The van der Waals surface area contributed by atoms with E-state index in [1.165, 1.54) is 0 Å². The van der Waals surface area contributed by atoms with Crippen molar-refractivity contribution in [3.05, 3.63) is 30.5 Å². The summed E-state index contributed by atoms with van der Waals surface area (Å²) in [6.07, 6.45) is 3.19. The fourth-order valence-corrected chi connectivity index (χ4v) is 3.00. The number of fused-ring (bicyclic) bond motifs is 1. The first kappa shape index (κ1) is 14.4. The van der Waals surface area contributed by atoms with Crippen molar-refractivity contribution >= 4 is 28.5 Å². The highest BCUT2D eigenvalue weighted by Gasteiger charge is 2.26. The van der Waals surface area contributed by atoms with Crippen molar-refractivity contribution in [3.63, 3.8) is 0 Å². The number of hydrogen-bond donors (Lipinski definition) is 2. The highest BCUT2D eigenvalue weighted by molar-refractivity contribution is 6.01. The molecular weight excluding hydrogens is 280 g/mol. The predicted octanol–water partition coefficient (Wildman–Crippen LogP) is 1.91. The highest BCUT2D eigenvalue weighted by atomic mass is 16.2. The van der Waals surface area contributed by atoms with E-state index in [0.717, 1.165) is 16.6 Å². The van der Waals surface area contributed by atoms with Crippen LogP contribution in [0.2, 0.25) is 0 Å². The molecule has 0 aliphatic carbocycles. The first-order valence-corrected chi connectivity index (χ1v) is 7.45. The van der Waals surface area contributed by atoms with Crippen molar-refractivity contribution in [2.75, 3.05) is 18.4 Å². The van der Waals surface area contributed by atoms with E-state index < -0.39 is 0 Å². The van der Waals surface area contributed by atoms with E-state index in [1.807, 2.05) is 42.1 Å². The number of aryl methyl sites for hydroxylation is 1. The minimum absolute atomic E-state index is 0.110. The molecule has 116 valence electrons. The quantitative estimate of drug-likeness (QED) is 0.888. The zero-order valence-electron chi connectivity index (χ0n) is 12.6. The number of benzene rings is 1.